The van der Waals surface area contributed by atoms with E-state index in [1.54, 1.807) is 18.6 Å². The molecule has 0 aromatic carbocycles. The summed E-state index contributed by atoms with van der Waals surface area (Å²) in [6, 6.07) is 0.0636. The predicted molar refractivity (Wildman–Crippen MR) is 86.4 cm³/mol. The summed E-state index contributed by atoms with van der Waals surface area (Å²) in [5.74, 6) is 0.807. The van der Waals surface area contributed by atoms with Crippen LogP contribution in [0.5, 0.6) is 0 Å². The molecule has 0 unspecified atom stereocenters. The first kappa shape index (κ1) is 16.6. The Morgan fingerprint density at radius 3 is 2.96 bits per heavy atom. The summed E-state index contributed by atoms with van der Waals surface area (Å²) in [5, 5.41) is 3.92. The highest BCUT2D eigenvalue weighted by Crippen LogP contribution is 2.18. The summed E-state index contributed by atoms with van der Waals surface area (Å²) in [5.41, 5.74) is 2.60. The van der Waals surface area contributed by atoms with Gasteiger partial charge in [0.15, 0.2) is 0 Å². The molecule has 0 spiro atoms. The fourth-order valence-corrected chi connectivity index (χ4v) is 3.00. The molecule has 0 radical (unpaired) electrons. The molecule has 7 nitrogen and oxygen atoms in total. The van der Waals surface area contributed by atoms with Crippen molar-refractivity contribution in [3.63, 3.8) is 0 Å². The molecular weight excluding hydrogens is 308 g/mol. The number of hydrogen-bond acceptors (Lipinski definition) is 6. The zero-order chi connectivity index (χ0) is 16.9. The average Bonchev–Trinajstić information content (AvgIpc) is 2.93. The Morgan fingerprint density at radius 1 is 1.38 bits per heavy atom. The number of amides is 1. The van der Waals surface area contributed by atoms with Crippen LogP contribution in [0.15, 0.2) is 23.1 Å². The van der Waals surface area contributed by atoms with Crippen LogP contribution in [0.4, 0.5) is 0 Å². The Hall–Kier alpha value is -2.28. The maximum Gasteiger partial charge on any atom is 0.227 e. The van der Waals surface area contributed by atoms with Crippen molar-refractivity contribution in [3.8, 4) is 0 Å². The maximum atomic E-state index is 12.8. The fourth-order valence-electron chi connectivity index (χ4n) is 3.00. The van der Waals surface area contributed by atoms with Gasteiger partial charge in [0.1, 0.15) is 5.76 Å². The van der Waals surface area contributed by atoms with Crippen LogP contribution in [0.1, 0.15) is 29.1 Å². The Labute approximate surface area is 141 Å². The first-order chi connectivity index (χ1) is 11.6. The van der Waals surface area contributed by atoms with Crippen LogP contribution < -0.4 is 0 Å². The molecule has 1 fully saturated rings. The van der Waals surface area contributed by atoms with Crippen molar-refractivity contribution in [1.82, 2.24) is 20.0 Å². The average molecular weight is 330 g/mol. The van der Waals surface area contributed by atoms with Crippen molar-refractivity contribution < 1.29 is 14.1 Å². The number of rotatable bonds is 5. The van der Waals surface area contributed by atoms with Crippen LogP contribution in [-0.4, -0.2) is 51.7 Å². The van der Waals surface area contributed by atoms with Crippen LogP contribution in [0, 0.1) is 13.8 Å². The molecule has 1 atom stereocenters. The van der Waals surface area contributed by atoms with E-state index in [4.69, 9.17) is 9.26 Å². The van der Waals surface area contributed by atoms with Gasteiger partial charge in [-0.3, -0.25) is 14.8 Å². The third-order valence-corrected chi connectivity index (χ3v) is 4.41. The number of morpholine rings is 1. The van der Waals surface area contributed by atoms with Gasteiger partial charge in [0, 0.05) is 30.7 Å². The Balaban J connectivity index is 1.64. The maximum absolute atomic E-state index is 12.8. The zero-order valence-electron chi connectivity index (χ0n) is 14.1. The lowest BCUT2D eigenvalue weighted by molar-refractivity contribution is -0.139. The van der Waals surface area contributed by atoms with Gasteiger partial charge < -0.3 is 14.2 Å². The van der Waals surface area contributed by atoms with Crippen molar-refractivity contribution in [2.75, 3.05) is 19.8 Å². The van der Waals surface area contributed by atoms with Gasteiger partial charge in [-0.05, 0) is 26.7 Å². The molecule has 7 heteroatoms. The van der Waals surface area contributed by atoms with Crippen molar-refractivity contribution >= 4 is 5.91 Å². The summed E-state index contributed by atoms with van der Waals surface area (Å²) < 4.78 is 10.7. The lowest BCUT2D eigenvalue weighted by Crippen LogP contribution is -2.49. The molecule has 0 N–H and O–H groups in total. The second kappa shape index (κ2) is 7.53. The van der Waals surface area contributed by atoms with Crippen LogP contribution in [0.3, 0.4) is 0 Å². The number of aromatic nitrogens is 3. The van der Waals surface area contributed by atoms with Gasteiger partial charge in [-0.15, -0.1) is 0 Å². The molecule has 1 saturated heterocycles. The van der Waals surface area contributed by atoms with E-state index in [2.05, 4.69) is 15.1 Å². The van der Waals surface area contributed by atoms with E-state index in [1.807, 2.05) is 18.7 Å². The molecule has 128 valence electrons. The highest BCUT2D eigenvalue weighted by Gasteiger charge is 2.28. The standard InChI is InChI=1S/C17H22N4O3/c1-12-16(13(2)24-20-12)9-17(22)21-7-8-23-11-15(21)4-3-14-10-18-5-6-19-14/h5-6,10,15H,3-4,7-9,11H2,1-2H3/t15-/m1/s1. The van der Waals surface area contributed by atoms with E-state index in [9.17, 15) is 4.79 Å². The summed E-state index contributed by atoms with van der Waals surface area (Å²) in [7, 11) is 0. The molecule has 2 aromatic rings. The van der Waals surface area contributed by atoms with E-state index in [1.165, 1.54) is 0 Å². The monoisotopic (exact) mass is 330 g/mol. The number of ether oxygens (including phenoxy) is 1. The minimum absolute atomic E-state index is 0.0636. The van der Waals surface area contributed by atoms with Gasteiger partial charge in [-0.25, -0.2) is 0 Å². The second-order valence-corrected chi connectivity index (χ2v) is 6.03. The Bertz CT molecular complexity index is 667. The van der Waals surface area contributed by atoms with Gasteiger partial charge in [-0.2, -0.15) is 0 Å². The highest BCUT2D eigenvalue weighted by atomic mass is 16.5. The SMILES string of the molecule is Cc1noc(C)c1CC(=O)N1CCOC[C@H]1CCc1cnccn1. The quantitative estimate of drug-likeness (QED) is 0.826. The van der Waals surface area contributed by atoms with Gasteiger partial charge in [0.25, 0.3) is 0 Å². The number of carbonyl (C=O) groups excluding carboxylic acids is 1. The third-order valence-electron chi connectivity index (χ3n) is 4.41. The van der Waals surface area contributed by atoms with Gasteiger partial charge in [-0.1, -0.05) is 5.16 Å². The van der Waals surface area contributed by atoms with Crippen LogP contribution in [0.2, 0.25) is 0 Å². The summed E-state index contributed by atoms with van der Waals surface area (Å²) in [6.07, 6.45) is 7.02. The summed E-state index contributed by atoms with van der Waals surface area (Å²) >= 11 is 0. The van der Waals surface area contributed by atoms with Crippen LogP contribution in [0.25, 0.3) is 0 Å². The minimum atomic E-state index is 0.0636. The normalized spacial score (nSPS) is 17.9. The highest BCUT2D eigenvalue weighted by molar-refractivity contribution is 5.79. The molecule has 0 aliphatic carbocycles. The third kappa shape index (κ3) is 3.79. The molecule has 0 saturated carbocycles. The van der Waals surface area contributed by atoms with E-state index in [0.29, 0.717) is 31.9 Å². The van der Waals surface area contributed by atoms with Crippen LogP contribution >= 0.6 is 0 Å². The minimum Gasteiger partial charge on any atom is -0.377 e. The van der Waals surface area contributed by atoms with Crippen molar-refractivity contribution in [1.29, 1.82) is 0 Å². The molecule has 24 heavy (non-hydrogen) atoms. The number of hydrogen-bond donors (Lipinski definition) is 0. The number of carbonyl (C=O) groups is 1. The summed E-state index contributed by atoms with van der Waals surface area (Å²) in [6.45, 7) is 5.47. The first-order valence-electron chi connectivity index (χ1n) is 8.19. The molecular formula is C17H22N4O3. The Kier molecular flexibility index (Phi) is 5.20. The predicted octanol–water partition coefficient (Wildman–Crippen LogP) is 1.48. The molecule has 1 amide bonds. The van der Waals surface area contributed by atoms with E-state index < -0.39 is 0 Å². The lowest BCUT2D eigenvalue weighted by atomic mass is 10.0. The molecule has 3 heterocycles. The lowest BCUT2D eigenvalue weighted by Gasteiger charge is -2.35. The van der Waals surface area contributed by atoms with Gasteiger partial charge in [0.2, 0.25) is 5.91 Å². The largest absolute Gasteiger partial charge is 0.377 e. The van der Waals surface area contributed by atoms with Gasteiger partial charge in [0.05, 0.1) is 37.1 Å². The van der Waals surface area contributed by atoms with E-state index in [0.717, 1.165) is 29.8 Å². The second-order valence-electron chi connectivity index (χ2n) is 6.03. The van der Waals surface area contributed by atoms with Crippen molar-refractivity contribution in [2.24, 2.45) is 0 Å². The fraction of sp³-hybridized carbons (Fsp3) is 0.529. The van der Waals surface area contributed by atoms with Crippen molar-refractivity contribution in [3.05, 3.63) is 41.3 Å². The van der Waals surface area contributed by atoms with Gasteiger partial charge >= 0.3 is 0 Å². The van der Waals surface area contributed by atoms with Crippen molar-refractivity contribution in [2.45, 2.75) is 39.2 Å². The topological polar surface area (TPSA) is 81.4 Å². The molecule has 1 aliphatic heterocycles. The smallest absolute Gasteiger partial charge is 0.227 e. The van der Waals surface area contributed by atoms with E-state index in [-0.39, 0.29) is 11.9 Å². The molecule has 3 rings (SSSR count). The number of aryl methyl sites for hydroxylation is 3. The zero-order valence-corrected chi connectivity index (χ0v) is 14.1. The molecule has 1 aliphatic rings. The molecule has 0 bridgehead atoms. The number of nitrogens with zero attached hydrogens (tertiary/aromatic N) is 4. The Morgan fingerprint density at radius 2 is 2.25 bits per heavy atom. The van der Waals surface area contributed by atoms with Crippen LogP contribution in [-0.2, 0) is 22.4 Å². The van der Waals surface area contributed by atoms with E-state index >= 15 is 0 Å². The first-order valence-corrected chi connectivity index (χ1v) is 8.19. The summed E-state index contributed by atoms with van der Waals surface area (Å²) in [4.78, 5) is 23.1. The molecule has 2 aromatic heterocycles.